The van der Waals surface area contributed by atoms with Gasteiger partial charge in [-0.05, 0) is 79.6 Å². The smallest absolute Gasteiger partial charge is 0.255 e. The molecule has 4 aromatic rings. The summed E-state index contributed by atoms with van der Waals surface area (Å²) in [5.41, 5.74) is 5.10. The molecule has 0 bridgehead atoms. The molecule has 0 radical (unpaired) electrons. The first-order chi connectivity index (χ1) is 15.9. The topological polar surface area (TPSA) is 80.3 Å². The number of aromatic nitrogens is 1. The van der Waals surface area contributed by atoms with E-state index >= 15 is 0 Å². The number of hydrogen-bond acceptors (Lipinski definition) is 6. The van der Waals surface area contributed by atoms with E-state index in [-0.39, 0.29) is 17.6 Å². The highest BCUT2D eigenvalue weighted by Crippen LogP contribution is 2.31. The number of rotatable bonds is 7. The molecule has 0 atom stereocenters. The summed E-state index contributed by atoms with van der Waals surface area (Å²) in [6.07, 6.45) is 0. The summed E-state index contributed by atoms with van der Waals surface area (Å²) in [5.74, 6) is 0.703. The Bertz CT molecular complexity index is 1300. The molecular formula is C25H23N3O3S2. The van der Waals surface area contributed by atoms with Crippen LogP contribution in [0.3, 0.4) is 0 Å². The average Bonchev–Trinajstić information content (AvgIpc) is 3.19. The Balaban J connectivity index is 1.38. The number of benzene rings is 3. The van der Waals surface area contributed by atoms with Crippen molar-refractivity contribution in [3.63, 3.8) is 0 Å². The van der Waals surface area contributed by atoms with Crippen molar-refractivity contribution >= 4 is 56.5 Å². The van der Waals surface area contributed by atoms with Gasteiger partial charge < -0.3 is 15.4 Å². The van der Waals surface area contributed by atoms with E-state index in [4.69, 9.17) is 4.74 Å². The number of thiazole rings is 1. The first-order valence-corrected chi connectivity index (χ1v) is 12.1. The number of carbonyl (C=O) groups is 2. The molecule has 0 aliphatic carbocycles. The van der Waals surface area contributed by atoms with E-state index < -0.39 is 0 Å². The van der Waals surface area contributed by atoms with E-state index in [1.54, 1.807) is 31.4 Å². The van der Waals surface area contributed by atoms with Crippen molar-refractivity contribution in [2.75, 3.05) is 23.5 Å². The summed E-state index contributed by atoms with van der Waals surface area (Å²) in [6, 6.07) is 18.5. The summed E-state index contributed by atoms with van der Waals surface area (Å²) in [6.45, 7) is 4.01. The van der Waals surface area contributed by atoms with Gasteiger partial charge in [0.2, 0.25) is 5.91 Å². The zero-order valence-corrected chi connectivity index (χ0v) is 20.1. The van der Waals surface area contributed by atoms with Crippen LogP contribution >= 0.6 is 23.1 Å². The van der Waals surface area contributed by atoms with Crippen LogP contribution in [0.1, 0.15) is 21.5 Å². The minimum atomic E-state index is -0.195. The molecule has 1 aromatic heterocycles. The van der Waals surface area contributed by atoms with Gasteiger partial charge in [0.25, 0.3) is 5.91 Å². The molecule has 0 unspecified atom stereocenters. The van der Waals surface area contributed by atoms with Gasteiger partial charge in [0.1, 0.15) is 5.75 Å². The van der Waals surface area contributed by atoms with Crippen molar-refractivity contribution in [1.82, 2.24) is 4.98 Å². The minimum absolute atomic E-state index is 0.0725. The SMILES string of the molecule is COc1ccc(C(=O)Nc2ccc3nc(SCC(=O)Nc4cc(C)cc(C)c4)sc3c2)cc1. The van der Waals surface area contributed by atoms with Gasteiger partial charge in [-0.15, -0.1) is 11.3 Å². The monoisotopic (exact) mass is 477 g/mol. The number of aryl methyl sites for hydroxylation is 2. The minimum Gasteiger partial charge on any atom is -0.497 e. The zero-order valence-electron chi connectivity index (χ0n) is 18.5. The summed E-state index contributed by atoms with van der Waals surface area (Å²) < 4.78 is 6.88. The summed E-state index contributed by atoms with van der Waals surface area (Å²) >= 11 is 2.89. The lowest BCUT2D eigenvalue weighted by Crippen LogP contribution is -2.14. The third kappa shape index (κ3) is 5.91. The molecular weight excluding hydrogens is 454 g/mol. The summed E-state index contributed by atoms with van der Waals surface area (Å²) in [5, 5.41) is 5.85. The molecule has 1 heterocycles. The molecule has 4 rings (SSSR count). The Morgan fingerprint density at radius 3 is 2.36 bits per heavy atom. The molecule has 3 aromatic carbocycles. The molecule has 2 amide bonds. The highest BCUT2D eigenvalue weighted by atomic mass is 32.2. The van der Waals surface area contributed by atoms with E-state index in [1.165, 1.54) is 23.1 Å². The van der Waals surface area contributed by atoms with Gasteiger partial charge in [-0.1, -0.05) is 17.8 Å². The molecule has 0 aliphatic rings. The molecule has 0 aliphatic heterocycles. The number of amides is 2. The normalized spacial score (nSPS) is 10.8. The number of ether oxygens (including phenoxy) is 1. The average molecular weight is 478 g/mol. The maximum absolute atomic E-state index is 12.5. The van der Waals surface area contributed by atoms with E-state index in [2.05, 4.69) is 21.7 Å². The predicted octanol–water partition coefficient (Wildman–Crippen LogP) is 5.90. The third-order valence-corrected chi connectivity index (χ3v) is 6.97. The van der Waals surface area contributed by atoms with E-state index in [0.717, 1.165) is 31.4 Å². The molecule has 168 valence electrons. The largest absolute Gasteiger partial charge is 0.497 e. The Morgan fingerprint density at radius 2 is 1.67 bits per heavy atom. The number of nitrogens with one attached hydrogen (secondary N) is 2. The summed E-state index contributed by atoms with van der Waals surface area (Å²) in [7, 11) is 1.59. The fourth-order valence-electron chi connectivity index (χ4n) is 3.36. The Morgan fingerprint density at radius 1 is 0.939 bits per heavy atom. The van der Waals surface area contributed by atoms with Crippen molar-refractivity contribution < 1.29 is 14.3 Å². The first kappa shape index (κ1) is 22.8. The van der Waals surface area contributed by atoms with E-state index in [9.17, 15) is 9.59 Å². The van der Waals surface area contributed by atoms with Gasteiger partial charge in [-0.25, -0.2) is 4.98 Å². The quantitative estimate of drug-likeness (QED) is 0.324. The van der Waals surface area contributed by atoms with Crippen molar-refractivity contribution in [2.45, 2.75) is 18.2 Å². The Labute approximate surface area is 200 Å². The van der Waals surface area contributed by atoms with Gasteiger partial charge in [0.05, 0.1) is 23.1 Å². The molecule has 2 N–H and O–H groups in total. The van der Waals surface area contributed by atoms with E-state index in [0.29, 0.717) is 17.0 Å². The second kappa shape index (κ2) is 10.1. The molecule has 0 spiro atoms. The molecule has 0 saturated carbocycles. The highest BCUT2D eigenvalue weighted by Gasteiger charge is 2.11. The van der Waals surface area contributed by atoms with Crippen LogP contribution in [0.2, 0.25) is 0 Å². The van der Waals surface area contributed by atoms with Crippen LogP contribution in [0.4, 0.5) is 11.4 Å². The lowest BCUT2D eigenvalue weighted by molar-refractivity contribution is -0.113. The van der Waals surface area contributed by atoms with Gasteiger partial charge in [0.15, 0.2) is 4.34 Å². The standard InChI is InChI=1S/C25H23N3O3S2/c1-15-10-16(2)12-19(11-15)26-23(29)14-32-25-28-21-9-6-18(13-22(21)33-25)27-24(30)17-4-7-20(31-3)8-5-17/h4-13H,14H2,1-3H3,(H,26,29)(H,27,30). The first-order valence-electron chi connectivity index (χ1n) is 10.3. The number of thioether (sulfide) groups is 1. The van der Waals surface area contributed by atoms with Crippen LogP contribution in [-0.2, 0) is 4.79 Å². The maximum atomic E-state index is 12.5. The maximum Gasteiger partial charge on any atom is 0.255 e. The van der Waals surface area contributed by atoms with Crippen LogP contribution in [0.25, 0.3) is 10.2 Å². The van der Waals surface area contributed by atoms with Gasteiger partial charge in [-0.2, -0.15) is 0 Å². The van der Waals surface area contributed by atoms with Gasteiger partial charge in [0, 0.05) is 16.9 Å². The van der Waals surface area contributed by atoms with Gasteiger partial charge >= 0.3 is 0 Å². The van der Waals surface area contributed by atoms with Crippen molar-refractivity contribution in [3.05, 3.63) is 77.4 Å². The molecule has 0 saturated heterocycles. The van der Waals surface area contributed by atoms with E-state index in [1.807, 2.05) is 44.2 Å². The third-order valence-electron chi connectivity index (χ3n) is 4.81. The van der Waals surface area contributed by atoms with Crippen molar-refractivity contribution in [2.24, 2.45) is 0 Å². The second-order valence-electron chi connectivity index (χ2n) is 7.56. The lowest BCUT2D eigenvalue weighted by atomic mass is 10.1. The zero-order chi connectivity index (χ0) is 23.4. The Kier molecular flexibility index (Phi) is 6.96. The highest BCUT2D eigenvalue weighted by molar-refractivity contribution is 8.01. The van der Waals surface area contributed by atoms with Crippen LogP contribution in [0.15, 0.2) is 65.0 Å². The number of methoxy groups -OCH3 is 1. The van der Waals surface area contributed by atoms with Crippen LogP contribution in [0.5, 0.6) is 5.75 Å². The number of anilines is 2. The molecule has 33 heavy (non-hydrogen) atoms. The predicted molar refractivity (Wildman–Crippen MR) is 136 cm³/mol. The van der Waals surface area contributed by atoms with Crippen molar-refractivity contribution in [1.29, 1.82) is 0 Å². The fourth-order valence-corrected chi connectivity index (χ4v) is 5.27. The van der Waals surface area contributed by atoms with Crippen LogP contribution in [-0.4, -0.2) is 29.7 Å². The lowest BCUT2D eigenvalue weighted by Gasteiger charge is -2.06. The summed E-state index contributed by atoms with van der Waals surface area (Å²) in [4.78, 5) is 29.5. The molecule has 0 fully saturated rings. The van der Waals surface area contributed by atoms with Crippen molar-refractivity contribution in [3.8, 4) is 5.75 Å². The molecule has 8 heteroatoms. The fraction of sp³-hybridized carbons (Fsp3) is 0.160. The molecule has 6 nitrogen and oxygen atoms in total. The van der Waals surface area contributed by atoms with Gasteiger partial charge in [-0.3, -0.25) is 9.59 Å². The number of nitrogens with zero attached hydrogens (tertiary/aromatic N) is 1. The Hall–Kier alpha value is -3.36. The van der Waals surface area contributed by atoms with Crippen LogP contribution in [0, 0.1) is 13.8 Å². The number of fused-ring (bicyclic) bond motifs is 1. The van der Waals surface area contributed by atoms with Crippen LogP contribution < -0.4 is 15.4 Å². The number of hydrogen-bond donors (Lipinski definition) is 2. The second-order valence-corrected chi connectivity index (χ2v) is 9.81. The number of carbonyl (C=O) groups excluding carboxylic acids is 2.